The monoisotopic (exact) mass is 227 g/mol. The first-order chi connectivity index (χ1) is 7.10. The second-order valence-electron chi connectivity index (χ2n) is 2.92. The summed E-state index contributed by atoms with van der Waals surface area (Å²) in [5.41, 5.74) is 0.159. The molecule has 15 heavy (non-hydrogen) atoms. The number of ketones is 1. The van der Waals surface area contributed by atoms with Crippen molar-refractivity contribution in [3.05, 3.63) is 15.6 Å². The smallest absolute Gasteiger partial charge is 0.358 e. The highest BCUT2D eigenvalue weighted by Gasteiger charge is 2.21. The molecule has 0 saturated heterocycles. The molecule has 1 aromatic rings. The van der Waals surface area contributed by atoms with Gasteiger partial charge in [-0.05, 0) is 13.3 Å². The van der Waals surface area contributed by atoms with Crippen LogP contribution in [-0.4, -0.2) is 23.3 Å². The molecule has 0 fully saturated rings. The number of aryl methyl sites for hydroxylation is 1. The molecule has 0 aromatic carbocycles. The largest absolute Gasteiger partial charge is 0.461 e. The molecular formula is C10H13NO3S. The second-order valence-corrected chi connectivity index (χ2v) is 4.00. The minimum Gasteiger partial charge on any atom is -0.461 e. The van der Waals surface area contributed by atoms with Crippen LogP contribution in [-0.2, 0) is 11.2 Å². The Morgan fingerprint density at radius 1 is 1.40 bits per heavy atom. The van der Waals surface area contributed by atoms with Gasteiger partial charge in [0.05, 0.1) is 11.6 Å². The quantitative estimate of drug-likeness (QED) is 0.583. The van der Waals surface area contributed by atoms with Gasteiger partial charge in [-0.15, -0.1) is 11.3 Å². The summed E-state index contributed by atoms with van der Waals surface area (Å²) in [6.07, 6.45) is 0.713. The van der Waals surface area contributed by atoms with Crippen LogP contribution in [0.4, 0.5) is 0 Å². The van der Waals surface area contributed by atoms with Gasteiger partial charge in [0.15, 0.2) is 11.5 Å². The SMILES string of the molecule is CCOC(=O)c1nc(CC)sc1C(C)=O. The van der Waals surface area contributed by atoms with Crippen LogP contribution in [0.1, 0.15) is 45.9 Å². The van der Waals surface area contributed by atoms with Crippen molar-refractivity contribution in [2.45, 2.75) is 27.2 Å². The fourth-order valence-corrected chi connectivity index (χ4v) is 1.98. The van der Waals surface area contributed by atoms with Gasteiger partial charge in [-0.2, -0.15) is 0 Å². The number of Topliss-reactive ketones (excluding diaryl/α,β-unsaturated/α-hetero) is 1. The van der Waals surface area contributed by atoms with Crippen LogP contribution in [0.25, 0.3) is 0 Å². The van der Waals surface area contributed by atoms with Crippen LogP contribution in [0.15, 0.2) is 0 Å². The molecule has 5 heteroatoms. The highest BCUT2D eigenvalue weighted by atomic mass is 32.1. The first-order valence-electron chi connectivity index (χ1n) is 4.77. The normalized spacial score (nSPS) is 10.1. The summed E-state index contributed by atoms with van der Waals surface area (Å²) in [4.78, 5) is 27.2. The van der Waals surface area contributed by atoms with E-state index in [9.17, 15) is 9.59 Å². The van der Waals surface area contributed by atoms with Crippen molar-refractivity contribution < 1.29 is 14.3 Å². The maximum Gasteiger partial charge on any atom is 0.358 e. The topological polar surface area (TPSA) is 56.3 Å². The van der Waals surface area contributed by atoms with Crippen LogP contribution in [0.2, 0.25) is 0 Å². The lowest BCUT2D eigenvalue weighted by Crippen LogP contribution is -2.09. The summed E-state index contributed by atoms with van der Waals surface area (Å²) < 4.78 is 4.83. The molecule has 0 spiro atoms. The van der Waals surface area contributed by atoms with E-state index in [1.54, 1.807) is 6.92 Å². The van der Waals surface area contributed by atoms with Gasteiger partial charge < -0.3 is 4.74 Å². The Morgan fingerprint density at radius 3 is 2.53 bits per heavy atom. The summed E-state index contributed by atoms with van der Waals surface area (Å²) in [6.45, 7) is 5.36. The van der Waals surface area contributed by atoms with Crippen molar-refractivity contribution in [1.29, 1.82) is 0 Å². The van der Waals surface area contributed by atoms with Crippen LogP contribution < -0.4 is 0 Å². The number of carbonyl (C=O) groups excluding carboxylic acids is 2. The zero-order chi connectivity index (χ0) is 11.4. The van der Waals surface area contributed by atoms with Gasteiger partial charge in [-0.3, -0.25) is 4.79 Å². The molecule has 4 nitrogen and oxygen atoms in total. The Morgan fingerprint density at radius 2 is 2.07 bits per heavy atom. The van der Waals surface area contributed by atoms with E-state index >= 15 is 0 Å². The third-order valence-corrected chi connectivity index (χ3v) is 3.06. The number of esters is 1. The lowest BCUT2D eigenvalue weighted by molar-refractivity contribution is 0.0517. The molecule has 0 aliphatic carbocycles. The van der Waals surface area contributed by atoms with Crippen molar-refractivity contribution in [2.24, 2.45) is 0 Å². The van der Waals surface area contributed by atoms with E-state index in [-0.39, 0.29) is 18.1 Å². The van der Waals surface area contributed by atoms with Gasteiger partial charge >= 0.3 is 5.97 Å². The molecule has 0 aliphatic rings. The predicted octanol–water partition coefficient (Wildman–Crippen LogP) is 2.08. The molecule has 82 valence electrons. The third-order valence-electron chi connectivity index (χ3n) is 1.76. The minimum atomic E-state index is -0.515. The Labute approximate surface area is 92.3 Å². The van der Waals surface area contributed by atoms with E-state index in [1.807, 2.05) is 6.92 Å². The Bertz CT molecular complexity index is 384. The molecule has 1 rings (SSSR count). The van der Waals surface area contributed by atoms with Gasteiger partial charge in [0, 0.05) is 6.92 Å². The average molecular weight is 227 g/mol. The van der Waals surface area contributed by atoms with Gasteiger partial charge in [0.2, 0.25) is 0 Å². The summed E-state index contributed by atoms with van der Waals surface area (Å²) in [6, 6.07) is 0. The lowest BCUT2D eigenvalue weighted by atomic mass is 10.3. The minimum absolute atomic E-state index is 0.143. The molecule has 0 N–H and O–H groups in total. The summed E-state index contributed by atoms with van der Waals surface area (Å²) in [5, 5.41) is 0.781. The number of rotatable bonds is 4. The molecule has 0 radical (unpaired) electrons. The number of nitrogens with zero attached hydrogens (tertiary/aromatic N) is 1. The van der Waals surface area contributed by atoms with Gasteiger partial charge in [0.1, 0.15) is 4.88 Å². The van der Waals surface area contributed by atoms with Gasteiger partial charge in [-0.25, -0.2) is 9.78 Å². The number of aromatic nitrogens is 1. The maximum absolute atomic E-state index is 11.5. The first-order valence-corrected chi connectivity index (χ1v) is 5.59. The highest BCUT2D eigenvalue weighted by molar-refractivity contribution is 7.14. The lowest BCUT2D eigenvalue weighted by Gasteiger charge is -1.98. The van der Waals surface area contributed by atoms with Crippen molar-refractivity contribution in [3.63, 3.8) is 0 Å². The van der Waals surface area contributed by atoms with Crippen LogP contribution >= 0.6 is 11.3 Å². The highest BCUT2D eigenvalue weighted by Crippen LogP contribution is 2.20. The summed E-state index contributed by atoms with van der Waals surface area (Å²) in [7, 11) is 0. The molecule has 0 bridgehead atoms. The Hall–Kier alpha value is -1.23. The van der Waals surface area contributed by atoms with Gasteiger partial charge in [-0.1, -0.05) is 6.92 Å². The summed E-state index contributed by atoms with van der Waals surface area (Å²) >= 11 is 1.26. The predicted molar refractivity (Wildman–Crippen MR) is 57.5 cm³/mol. The number of ether oxygens (including phenoxy) is 1. The Balaban J connectivity index is 3.09. The summed E-state index contributed by atoms with van der Waals surface area (Å²) in [5.74, 6) is -0.658. The number of carbonyl (C=O) groups is 2. The van der Waals surface area contributed by atoms with Crippen molar-refractivity contribution in [2.75, 3.05) is 6.61 Å². The third kappa shape index (κ3) is 2.62. The molecule has 0 amide bonds. The van der Waals surface area contributed by atoms with E-state index < -0.39 is 5.97 Å². The van der Waals surface area contributed by atoms with E-state index in [4.69, 9.17) is 4.74 Å². The molecule has 0 atom stereocenters. The van der Waals surface area contributed by atoms with Crippen LogP contribution in [0.3, 0.4) is 0 Å². The molecule has 0 saturated carbocycles. The first kappa shape index (κ1) is 11.8. The van der Waals surface area contributed by atoms with Crippen LogP contribution in [0.5, 0.6) is 0 Å². The van der Waals surface area contributed by atoms with E-state index in [0.717, 1.165) is 5.01 Å². The zero-order valence-electron chi connectivity index (χ0n) is 8.99. The fourth-order valence-electron chi connectivity index (χ4n) is 1.09. The average Bonchev–Trinajstić information content (AvgIpc) is 2.61. The molecule has 0 aliphatic heterocycles. The fraction of sp³-hybridized carbons (Fsp3) is 0.500. The van der Waals surface area contributed by atoms with Gasteiger partial charge in [0.25, 0.3) is 0 Å². The van der Waals surface area contributed by atoms with Crippen molar-refractivity contribution in [1.82, 2.24) is 4.98 Å². The number of thiazole rings is 1. The van der Waals surface area contributed by atoms with Crippen molar-refractivity contribution in [3.8, 4) is 0 Å². The van der Waals surface area contributed by atoms with Crippen molar-refractivity contribution >= 4 is 23.1 Å². The second kappa shape index (κ2) is 5.02. The number of hydrogen-bond donors (Lipinski definition) is 0. The number of hydrogen-bond acceptors (Lipinski definition) is 5. The molecular weight excluding hydrogens is 214 g/mol. The Kier molecular flexibility index (Phi) is 3.96. The molecule has 1 aromatic heterocycles. The zero-order valence-corrected chi connectivity index (χ0v) is 9.81. The molecule has 1 heterocycles. The maximum atomic E-state index is 11.5. The standard InChI is InChI=1S/C10H13NO3S/c1-4-7-11-8(10(13)14-5-2)9(15-7)6(3)12/h4-5H2,1-3H3. The molecule has 0 unspecified atom stereocenters. The van der Waals surface area contributed by atoms with Crippen LogP contribution in [0, 0.1) is 0 Å². The van der Waals surface area contributed by atoms with E-state index in [1.165, 1.54) is 18.3 Å². The van der Waals surface area contributed by atoms with E-state index in [0.29, 0.717) is 11.3 Å². The van der Waals surface area contributed by atoms with E-state index in [2.05, 4.69) is 4.98 Å².